The van der Waals surface area contributed by atoms with Gasteiger partial charge in [-0.1, -0.05) is 36.4 Å². The molecule has 2 aromatic rings. The van der Waals surface area contributed by atoms with Crippen molar-refractivity contribution in [1.29, 1.82) is 10.5 Å². The molecule has 3 rings (SSSR count). The molecule has 0 bridgehead atoms. The summed E-state index contributed by atoms with van der Waals surface area (Å²) in [5.74, 6) is 0. The molecule has 0 spiro atoms. The van der Waals surface area contributed by atoms with E-state index in [9.17, 15) is 15.6 Å². The van der Waals surface area contributed by atoms with Gasteiger partial charge in [-0.3, -0.25) is 5.21 Å². The summed E-state index contributed by atoms with van der Waals surface area (Å²) in [5, 5.41) is 39.7. The molecule has 1 aliphatic heterocycles. The number of para-hydroxylation sites is 2. The highest BCUT2D eigenvalue weighted by molar-refractivity contribution is 5.99. The number of fused-ring (bicyclic) bond motifs is 2. The molecule has 1 aliphatic rings. The lowest BCUT2D eigenvalue weighted by molar-refractivity contribution is 0.271. The van der Waals surface area contributed by atoms with Crippen LogP contribution < -0.4 is 5.06 Å². The summed E-state index contributed by atoms with van der Waals surface area (Å²) in [5.41, 5.74) is 2.61. The molecular weight excluding hydrogens is 278 g/mol. The molecule has 0 aliphatic carbocycles. The Morgan fingerprint density at radius 2 is 1.45 bits per heavy atom. The lowest BCUT2D eigenvalue weighted by Gasteiger charge is -2.30. The molecular formula is C17H11N3O2. The number of anilines is 2. The lowest BCUT2D eigenvalue weighted by atomic mass is 9.86. The van der Waals surface area contributed by atoms with Crippen molar-refractivity contribution in [2.75, 3.05) is 5.06 Å². The van der Waals surface area contributed by atoms with E-state index in [4.69, 9.17) is 5.26 Å². The Morgan fingerprint density at radius 3 is 1.91 bits per heavy atom. The van der Waals surface area contributed by atoms with Crippen molar-refractivity contribution < 1.29 is 10.3 Å². The third-order valence-electron chi connectivity index (χ3n) is 3.59. The van der Waals surface area contributed by atoms with E-state index in [1.54, 1.807) is 54.6 Å². The Hall–Kier alpha value is -3.12. The molecule has 0 saturated heterocycles. The smallest absolute Gasteiger partial charge is 0.176 e. The Bertz CT molecular complexity index is 809. The number of hydrogen-bond donors (Lipinski definition) is 2. The Morgan fingerprint density at radius 1 is 0.955 bits per heavy atom. The van der Waals surface area contributed by atoms with Gasteiger partial charge in [0, 0.05) is 16.7 Å². The van der Waals surface area contributed by atoms with Gasteiger partial charge >= 0.3 is 0 Å². The molecule has 1 heterocycles. The summed E-state index contributed by atoms with van der Waals surface area (Å²) in [6.45, 7) is 0. The van der Waals surface area contributed by atoms with E-state index < -0.39 is 6.10 Å². The number of nitriles is 2. The van der Waals surface area contributed by atoms with Crippen molar-refractivity contribution in [2.45, 2.75) is 6.10 Å². The zero-order valence-corrected chi connectivity index (χ0v) is 11.4. The number of aliphatic hydroxyl groups excluding tert-OH is 1. The van der Waals surface area contributed by atoms with Gasteiger partial charge in [0.15, 0.2) is 6.10 Å². The molecule has 106 valence electrons. The fraction of sp³-hybridized carbons (Fsp3) is 0.0588. The highest BCUT2D eigenvalue weighted by atomic mass is 16.5. The first kappa shape index (κ1) is 13.8. The Balaban J connectivity index is 2.42. The number of benzene rings is 2. The van der Waals surface area contributed by atoms with Crippen LogP contribution in [0.2, 0.25) is 0 Å². The standard InChI is InChI=1S/C17H11N3O2/c18-9-13(16(21)10-19)17-11-5-1-3-7-14(11)20(22)15-8-4-2-6-12(15)17/h1-8,16,21-22H. The minimum Gasteiger partial charge on any atom is -0.373 e. The Kier molecular flexibility index (Phi) is 3.36. The van der Waals surface area contributed by atoms with Gasteiger partial charge in [-0.2, -0.15) is 10.5 Å². The minimum atomic E-state index is -1.52. The van der Waals surface area contributed by atoms with E-state index in [1.165, 1.54) is 0 Å². The van der Waals surface area contributed by atoms with Crippen molar-refractivity contribution in [2.24, 2.45) is 0 Å². The molecule has 0 fully saturated rings. The maximum Gasteiger partial charge on any atom is 0.176 e. The lowest BCUT2D eigenvalue weighted by Crippen LogP contribution is -2.20. The van der Waals surface area contributed by atoms with E-state index in [2.05, 4.69) is 0 Å². The largest absolute Gasteiger partial charge is 0.373 e. The fourth-order valence-corrected chi connectivity index (χ4v) is 2.62. The molecule has 2 N–H and O–H groups in total. The first-order valence-corrected chi connectivity index (χ1v) is 6.58. The van der Waals surface area contributed by atoms with Gasteiger partial charge in [0.2, 0.25) is 0 Å². The predicted octanol–water partition coefficient (Wildman–Crippen LogP) is 2.74. The summed E-state index contributed by atoms with van der Waals surface area (Å²) in [6.07, 6.45) is -1.52. The highest BCUT2D eigenvalue weighted by Gasteiger charge is 2.29. The van der Waals surface area contributed by atoms with Crippen LogP contribution in [0.5, 0.6) is 0 Å². The van der Waals surface area contributed by atoms with Gasteiger partial charge in [0.05, 0.1) is 29.1 Å². The van der Waals surface area contributed by atoms with Gasteiger partial charge in [0.25, 0.3) is 0 Å². The van der Waals surface area contributed by atoms with Gasteiger partial charge in [-0.25, -0.2) is 5.06 Å². The predicted molar refractivity (Wildman–Crippen MR) is 80.1 cm³/mol. The third-order valence-corrected chi connectivity index (χ3v) is 3.59. The highest BCUT2D eigenvalue weighted by Crippen LogP contribution is 2.45. The number of nitrogens with zero attached hydrogens (tertiary/aromatic N) is 3. The summed E-state index contributed by atoms with van der Waals surface area (Å²) in [4.78, 5) is 0. The molecule has 1 unspecified atom stereocenters. The molecule has 5 heteroatoms. The monoisotopic (exact) mass is 289 g/mol. The summed E-state index contributed by atoms with van der Waals surface area (Å²) < 4.78 is 0. The van der Waals surface area contributed by atoms with Crippen molar-refractivity contribution in [1.82, 2.24) is 0 Å². The Labute approximate surface area is 127 Å². The maximum absolute atomic E-state index is 10.4. The zero-order valence-electron chi connectivity index (χ0n) is 11.4. The number of hydrogen-bond acceptors (Lipinski definition) is 5. The van der Waals surface area contributed by atoms with Gasteiger partial charge in [-0.15, -0.1) is 0 Å². The van der Waals surface area contributed by atoms with Crippen LogP contribution >= 0.6 is 0 Å². The van der Waals surface area contributed by atoms with E-state index in [0.29, 0.717) is 28.1 Å². The van der Waals surface area contributed by atoms with E-state index in [1.807, 2.05) is 6.07 Å². The molecule has 1 atom stereocenters. The topological polar surface area (TPSA) is 91.3 Å². The van der Waals surface area contributed by atoms with Crippen LogP contribution in [0.1, 0.15) is 11.1 Å². The maximum atomic E-state index is 10.4. The third kappa shape index (κ3) is 1.94. The van der Waals surface area contributed by atoms with E-state index in [0.717, 1.165) is 5.06 Å². The molecule has 5 nitrogen and oxygen atoms in total. The first-order chi connectivity index (χ1) is 10.7. The molecule has 0 radical (unpaired) electrons. The molecule has 0 amide bonds. The number of rotatable bonds is 1. The van der Waals surface area contributed by atoms with Crippen molar-refractivity contribution in [3.8, 4) is 12.1 Å². The molecule has 2 aromatic carbocycles. The SMILES string of the molecule is N#CC(=C1c2ccccc2N(O)c2ccccc21)C(O)C#N. The number of aliphatic hydroxyl groups is 1. The van der Waals surface area contributed by atoms with Crippen LogP contribution in [-0.4, -0.2) is 16.4 Å². The minimum absolute atomic E-state index is 0.0319. The average molecular weight is 289 g/mol. The summed E-state index contributed by atoms with van der Waals surface area (Å²) >= 11 is 0. The summed E-state index contributed by atoms with van der Waals surface area (Å²) in [7, 11) is 0. The van der Waals surface area contributed by atoms with Crippen molar-refractivity contribution in [3.05, 3.63) is 65.2 Å². The van der Waals surface area contributed by atoms with Gasteiger partial charge < -0.3 is 5.11 Å². The zero-order chi connectivity index (χ0) is 15.7. The normalized spacial score (nSPS) is 13.5. The first-order valence-electron chi connectivity index (χ1n) is 6.58. The van der Waals surface area contributed by atoms with Crippen LogP contribution in [0.15, 0.2) is 54.1 Å². The quantitative estimate of drug-likeness (QED) is 0.622. The second-order valence-corrected chi connectivity index (χ2v) is 4.78. The second kappa shape index (κ2) is 5.34. The van der Waals surface area contributed by atoms with E-state index >= 15 is 0 Å². The van der Waals surface area contributed by atoms with Crippen molar-refractivity contribution in [3.63, 3.8) is 0 Å². The van der Waals surface area contributed by atoms with Gasteiger partial charge in [-0.05, 0) is 12.1 Å². The molecule has 0 saturated carbocycles. The fourth-order valence-electron chi connectivity index (χ4n) is 2.62. The van der Waals surface area contributed by atoms with E-state index in [-0.39, 0.29) is 5.57 Å². The van der Waals surface area contributed by atoms with Crippen LogP contribution in [0.4, 0.5) is 11.4 Å². The second-order valence-electron chi connectivity index (χ2n) is 4.78. The summed E-state index contributed by atoms with van der Waals surface area (Å²) in [6, 6.07) is 17.6. The van der Waals surface area contributed by atoms with Crippen LogP contribution in [0.25, 0.3) is 5.57 Å². The molecule has 22 heavy (non-hydrogen) atoms. The van der Waals surface area contributed by atoms with Crippen molar-refractivity contribution >= 4 is 16.9 Å². The average Bonchev–Trinajstić information content (AvgIpc) is 2.58. The van der Waals surface area contributed by atoms with Gasteiger partial charge in [0.1, 0.15) is 0 Å². The molecule has 0 aromatic heterocycles. The van der Waals surface area contributed by atoms with Crippen LogP contribution in [0.3, 0.4) is 0 Å². The van der Waals surface area contributed by atoms with Crippen LogP contribution in [0, 0.1) is 22.7 Å². The van der Waals surface area contributed by atoms with Crippen LogP contribution in [-0.2, 0) is 0 Å².